The Morgan fingerprint density at radius 1 is 0.711 bits per heavy atom. The van der Waals surface area contributed by atoms with Crippen LogP contribution in [-0.2, 0) is 24.0 Å². The molecule has 1 unspecified atom stereocenters. The van der Waals surface area contributed by atoms with E-state index in [1.54, 1.807) is 62.1 Å². The van der Waals surface area contributed by atoms with Crippen molar-refractivity contribution in [3.8, 4) is 0 Å². The van der Waals surface area contributed by atoms with Gasteiger partial charge >= 0.3 is 0 Å². The summed E-state index contributed by atoms with van der Waals surface area (Å²) in [4.78, 5) is 69.3. The number of anilines is 3. The molecule has 1 atom stereocenters. The maximum Gasteiger partial charge on any atom is 0.240 e. The summed E-state index contributed by atoms with van der Waals surface area (Å²) in [7, 11) is 5.09. The summed E-state index contributed by atoms with van der Waals surface area (Å²) < 4.78 is 0. The number of thiocarbonyl (C=S) groups is 1. The number of hydrogen-bond acceptors (Lipinski definition) is 9. The molecule has 234 valence electrons. The first-order valence-electron chi connectivity index (χ1n) is 13.5. The van der Waals surface area contributed by atoms with E-state index in [2.05, 4.69) is 32.4 Å². The molecule has 0 heterocycles. The Bertz CT molecular complexity index is 1620. The lowest BCUT2D eigenvalue weighted by molar-refractivity contribution is -0.117. The molecule has 45 heavy (non-hydrogen) atoms. The fourth-order valence-electron chi connectivity index (χ4n) is 3.47. The smallest absolute Gasteiger partial charge is 0.240 e. The van der Waals surface area contributed by atoms with Crippen LogP contribution in [0.15, 0.2) is 81.7 Å². The van der Waals surface area contributed by atoms with Crippen molar-refractivity contribution in [3.05, 3.63) is 77.9 Å². The Morgan fingerprint density at radius 2 is 1.22 bits per heavy atom. The van der Waals surface area contributed by atoms with Crippen LogP contribution in [0.1, 0.15) is 44.9 Å². The zero-order chi connectivity index (χ0) is 34.1. The number of carbonyl (C=O) groups is 3. The first-order chi connectivity index (χ1) is 21.3. The summed E-state index contributed by atoms with van der Waals surface area (Å²) >= 11 is 4.48. The molecule has 0 aliphatic rings. The average Bonchev–Trinajstić information content (AvgIpc) is 3.02. The Hall–Kier alpha value is -5.37. The molecule has 0 spiro atoms. The van der Waals surface area contributed by atoms with E-state index in [1.165, 1.54) is 37.8 Å². The van der Waals surface area contributed by atoms with Crippen LogP contribution in [0.5, 0.6) is 0 Å². The van der Waals surface area contributed by atoms with E-state index in [-0.39, 0.29) is 23.8 Å². The number of hydrogen-bond donors (Lipinski definition) is 0. The molecule has 3 amide bonds. The summed E-state index contributed by atoms with van der Waals surface area (Å²) in [6.07, 6.45) is 3.02. The van der Waals surface area contributed by atoms with E-state index in [0.29, 0.717) is 11.4 Å². The fourth-order valence-corrected chi connectivity index (χ4v) is 3.58. The van der Waals surface area contributed by atoms with Crippen LogP contribution < -0.4 is 14.7 Å². The van der Waals surface area contributed by atoms with Gasteiger partial charge in [0.25, 0.3) is 0 Å². The van der Waals surface area contributed by atoms with Crippen LogP contribution in [0.3, 0.4) is 0 Å². The van der Waals surface area contributed by atoms with Gasteiger partial charge in [0.15, 0.2) is 0 Å². The largest absolute Gasteiger partial charge is 0.316 e. The fraction of sp³-hybridized carbons (Fsp3) is 0.273. The highest BCUT2D eigenvalue weighted by atomic mass is 32.1. The molecule has 0 saturated carbocycles. The number of aryl methyl sites for hydroxylation is 1. The minimum absolute atomic E-state index is 0.00363. The summed E-state index contributed by atoms with van der Waals surface area (Å²) in [5.41, 5.74) is 5.37. The lowest BCUT2D eigenvalue weighted by Crippen LogP contribution is -2.22. The zero-order valence-corrected chi connectivity index (χ0v) is 27.4. The third-order valence-corrected chi connectivity index (χ3v) is 6.65. The predicted octanol–water partition coefficient (Wildman–Crippen LogP) is 6.41. The molecule has 0 bridgehead atoms. The van der Waals surface area contributed by atoms with Gasteiger partial charge in [0, 0.05) is 59.0 Å². The van der Waals surface area contributed by atoms with Crippen LogP contribution in [0.2, 0.25) is 0 Å². The van der Waals surface area contributed by atoms with Crippen molar-refractivity contribution in [2.75, 3.05) is 35.8 Å². The van der Waals surface area contributed by atoms with E-state index in [4.69, 9.17) is 0 Å². The molecular formula is C33H36N6O5S. The van der Waals surface area contributed by atoms with E-state index in [1.807, 2.05) is 49.4 Å². The Balaban J connectivity index is 0.000000338. The molecular weight excluding hydrogens is 592 g/mol. The molecule has 3 aromatic carbocycles. The molecule has 0 fully saturated rings. The van der Waals surface area contributed by atoms with Crippen LogP contribution >= 0.6 is 12.2 Å². The van der Waals surface area contributed by atoms with E-state index < -0.39 is 0 Å². The second kappa shape index (κ2) is 19.0. The molecule has 11 nitrogen and oxygen atoms in total. The molecule has 12 heteroatoms. The molecule has 0 radical (unpaired) electrons. The number of carbonyl (C=O) groups excluding carboxylic acids is 5. The van der Waals surface area contributed by atoms with Gasteiger partial charge in [-0.2, -0.15) is 15.0 Å². The van der Waals surface area contributed by atoms with Crippen molar-refractivity contribution in [2.45, 2.75) is 40.7 Å². The van der Waals surface area contributed by atoms with Gasteiger partial charge in [-0.1, -0.05) is 18.2 Å². The first-order valence-corrected chi connectivity index (χ1v) is 13.9. The van der Waals surface area contributed by atoms with Gasteiger partial charge in [0.2, 0.25) is 29.9 Å². The zero-order valence-electron chi connectivity index (χ0n) is 26.6. The third-order valence-electron chi connectivity index (χ3n) is 6.56. The maximum atomic E-state index is 11.2. The number of isocyanates is 2. The van der Waals surface area contributed by atoms with Gasteiger partial charge in [-0.25, -0.2) is 9.59 Å². The third kappa shape index (κ3) is 12.4. The van der Waals surface area contributed by atoms with Gasteiger partial charge in [0.05, 0.1) is 22.6 Å². The number of nitrogens with zero attached hydrogens (tertiary/aromatic N) is 6. The van der Waals surface area contributed by atoms with Gasteiger partial charge in [0.1, 0.15) is 0 Å². The summed E-state index contributed by atoms with van der Waals surface area (Å²) in [6.45, 7) is 8.14. The van der Waals surface area contributed by atoms with E-state index >= 15 is 0 Å². The van der Waals surface area contributed by atoms with Gasteiger partial charge in [-0.3, -0.25) is 14.4 Å². The quantitative estimate of drug-likeness (QED) is 0.169. The van der Waals surface area contributed by atoms with Gasteiger partial charge < -0.3 is 14.7 Å². The van der Waals surface area contributed by atoms with E-state index in [9.17, 15) is 24.0 Å². The summed E-state index contributed by atoms with van der Waals surface area (Å²) in [5, 5.41) is 2.28. The minimum atomic E-state index is -0.238. The van der Waals surface area contributed by atoms with Crippen molar-refractivity contribution < 1.29 is 24.0 Å². The number of aliphatic imine (C=N–C) groups is 3. The lowest BCUT2D eigenvalue weighted by atomic mass is 10.1. The Labute approximate surface area is 268 Å². The summed E-state index contributed by atoms with van der Waals surface area (Å²) in [6, 6.07) is 19.6. The molecule has 0 N–H and O–H groups in total. The molecule has 3 rings (SSSR count). The standard InChI is InChI=1S/C12H14N2O2.C11H12N2O2.C10H10N2OS/c1-9(13-8-15)11-5-4-6-12(7-11)14(3)10(2)16;1-8-4-5-10(13(3)9(2)15)6-11(8)12-7-14;1-8(13)12(2)10-5-3-9(4-6-10)11-7-14/h4-7,9H,1-3H3;4-6H,1-3H3;3-6H,1-2H3. The van der Waals surface area contributed by atoms with Crippen molar-refractivity contribution in [1.82, 2.24) is 0 Å². The minimum Gasteiger partial charge on any atom is -0.316 e. The van der Waals surface area contributed by atoms with Crippen molar-refractivity contribution in [2.24, 2.45) is 15.0 Å². The average molecular weight is 629 g/mol. The number of isothiocyanates is 1. The van der Waals surface area contributed by atoms with Crippen molar-refractivity contribution in [1.29, 1.82) is 0 Å². The van der Waals surface area contributed by atoms with E-state index in [0.717, 1.165) is 28.2 Å². The highest BCUT2D eigenvalue weighted by Gasteiger charge is 2.09. The number of rotatable bonds is 7. The molecule has 0 aromatic heterocycles. The molecule has 0 saturated heterocycles. The highest BCUT2D eigenvalue weighted by molar-refractivity contribution is 7.78. The molecule has 0 aliphatic heterocycles. The monoisotopic (exact) mass is 628 g/mol. The SMILES string of the molecule is CC(=O)N(C)c1ccc(C)c(N=C=O)c1.CC(=O)N(C)c1ccc(N=C=S)cc1.CC(=O)N(C)c1cccc(C(C)N=C=O)c1. The normalized spacial score (nSPS) is 9.96. The van der Waals surface area contributed by atoms with Crippen molar-refractivity contribution in [3.63, 3.8) is 0 Å². The second-order valence-corrected chi connectivity index (χ2v) is 9.80. The van der Waals surface area contributed by atoms with Crippen LogP contribution in [0.4, 0.5) is 28.4 Å². The lowest BCUT2D eigenvalue weighted by Gasteiger charge is -2.16. The number of amides is 3. The molecule has 0 aliphatic carbocycles. The van der Waals surface area contributed by atoms with Crippen LogP contribution in [0.25, 0.3) is 0 Å². The van der Waals surface area contributed by atoms with Gasteiger partial charge in [-0.15, -0.1) is 0 Å². The summed E-state index contributed by atoms with van der Waals surface area (Å²) in [5.74, 6) is -0.111. The molecule has 3 aromatic rings. The topological polar surface area (TPSA) is 132 Å². The Morgan fingerprint density at radius 3 is 1.71 bits per heavy atom. The Kier molecular flexibility index (Phi) is 15.9. The maximum absolute atomic E-state index is 11.2. The predicted molar refractivity (Wildman–Crippen MR) is 180 cm³/mol. The van der Waals surface area contributed by atoms with Crippen LogP contribution in [0, 0.1) is 6.92 Å². The second-order valence-electron chi connectivity index (χ2n) is 9.62. The van der Waals surface area contributed by atoms with Crippen molar-refractivity contribution >= 4 is 75.7 Å². The van der Waals surface area contributed by atoms with Crippen LogP contribution in [-0.4, -0.2) is 56.2 Å². The highest BCUT2D eigenvalue weighted by Crippen LogP contribution is 2.25. The first kappa shape index (κ1) is 37.7. The number of benzene rings is 3. The van der Waals surface area contributed by atoms with Gasteiger partial charge in [-0.05, 0) is 85.7 Å².